The quantitative estimate of drug-likeness (QED) is 0.558. The highest BCUT2D eigenvalue weighted by Gasteiger charge is 2.03. The number of aryl methyl sites for hydroxylation is 1. The lowest BCUT2D eigenvalue weighted by Crippen LogP contribution is -2.08. The Morgan fingerprint density at radius 3 is 1.83 bits per heavy atom. The number of rotatable bonds is 2. The summed E-state index contributed by atoms with van der Waals surface area (Å²) in [6.45, 7) is 2.96. The summed E-state index contributed by atoms with van der Waals surface area (Å²) >= 11 is 0. The molecule has 6 N–H and O–H groups in total. The van der Waals surface area contributed by atoms with Crippen LogP contribution in [0.5, 0.6) is 0 Å². The zero-order chi connectivity index (χ0) is 9.14. The summed E-state index contributed by atoms with van der Waals surface area (Å²) in [7, 11) is 0. The molecule has 0 radical (unpaired) electrons. The Balaban J connectivity index is 3.22. The van der Waals surface area contributed by atoms with Gasteiger partial charge in [0, 0.05) is 18.8 Å². The summed E-state index contributed by atoms with van der Waals surface area (Å²) in [4.78, 5) is 0. The number of nitrogens with two attached hydrogens (primary N) is 3. The van der Waals surface area contributed by atoms with Crippen molar-refractivity contribution in [3.63, 3.8) is 0 Å². The first-order valence-electron chi connectivity index (χ1n) is 3.97. The van der Waals surface area contributed by atoms with Crippen molar-refractivity contribution >= 4 is 5.69 Å². The van der Waals surface area contributed by atoms with Crippen molar-refractivity contribution in [3.8, 4) is 0 Å². The molecule has 0 bridgehead atoms. The summed E-state index contributed by atoms with van der Waals surface area (Å²) < 4.78 is 0. The van der Waals surface area contributed by atoms with Gasteiger partial charge in [-0.25, -0.2) is 0 Å². The van der Waals surface area contributed by atoms with Crippen molar-refractivity contribution in [1.82, 2.24) is 0 Å². The van der Waals surface area contributed by atoms with E-state index in [1.165, 1.54) is 0 Å². The molecule has 0 amide bonds. The second-order valence-corrected chi connectivity index (χ2v) is 2.91. The van der Waals surface area contributed by atoms with Gasteiger partial charge in [-0.15, -0.1) is 0 Å². The molecule has 0 heterocycles. The lowest BCUT2D eigenvalue weighted by atomic mass is 10.0. The Hall–Kier alpha value is -1.06. The lowest BCUT2D eigenvalue weighted by molar-refractivity contribution is 1.03. The molecule has 0 saturated carbocycles. The summed E-state index contributed by atoms with van der Waals surface area (Å²) in [6, 6.07) is 3.99. The first-order chi connectivity index (χ1) is 5.69. The molecule has 0 atom stereocenters. The SMILES string of the molecule is Cc1cc(CN)c(N)c(CN)c1. The van der Waals surface area contributed by atoms with Crippen molar-refractivity contribution in [3.05, 3.63) is 28.8 Å². The molecular formula is C9H15N3. The number of anilines is 1. The van der Waals surface area contributed by atoms with Crippen molar-refractivity contribution in [2.75, 3.05) is 5.73 Å². The molecule has 0 saturated heterocycles. The molecule has 0 aliphatic rings. The minimum absolute atomic E-state index is 0.473. The minimum atomic E-state index is 0.473. The fraction of sp³-hybridized carbons (Fsp3) is 0.333. The first-order valence-corrected chi connectivity index (χ1v) is 3.97. The summed E-state index contributed by atoms with van der Waals surface area (Å²) in [5.41, 5.74) is 20.7. The van der Waals surface area contributed by atoms with Gasteiger partial charge in [-0.2, -0.15) is 0 Å². The zero-order valence-corrected chi connectivity index (χ0v) is 7.30. The van der Waals surface area contributed by atoms with Gasteiger partial charge in [0.15, 0.2) is 0 Å². The summed E-state index contributed by atoms with van der Waals surface area (Å²) in [6.07, 6.45) is 0. The van der Waals surface area contributed by atoms with Crippen molar-refractivity contribution in [2.45, 2.75) is 20.0 Å². The number of hydrogen-bond acceptors (Lipinski definition) is 3. The van der Waals surface area contributed by atoms with Gasteiger partial charge >= 0.3 is 0 Å². The summed E-state index contributed by atoms with van der Waals surface area (Å²) in [5.74, 6) is 0. The van der Waals surface area contributed by atoms with Gasteiger partial charge in [0.05, 0.1) is 0 Å². The van der Waals surface area contributed by atoms with Crippen LogP contribution in [-0.4, -0.2) is 0 Å². The fourth-order valence-corrected chi connectivity index (χ4v) is 1.29. The number of benzene rings is 1. The van der Waals surface area contributed by atoms with Crippen LogP contribution in [0.1, 0.15) is 16.7 Å². The molecule has 0 aliphatic heterocycles. The third-order valence-electron chi connectivity index (χ3n) is 1.94. The van der Waals surface area contributed by atoms with Crippen LogP contribution in [0, 0.1) is 6.92 Å². The fourth-order valence-electron chi connectivity index (χ4n) is 1.29. The second kappa shape index (κ2) is 3.56. The number of nitrogen functional groups attached to an aromatic ring is 1. The highest BCUT2D eigenvalue weighted by molar-refractivity contribution is 5.55. The van der Waals surface area contributed by atoms with Crippen LogP contribution in [0.25, 0.3) is 0 Å². The minimum Gasteiger partial charge on any atom is -0.398 e. The highest BCUT2D eigenvalue weighted by Crippen LogP contribution is 2.18. The van der Waals surface area contributed by atoms with Crippen LogP contribution in [0.15, 0.2) is 12.1 Å². The maximum Gasteiger partial charge on any atom is 0.0405 e. The standard InChI is InChI=1S/C9H15N3/c1-6-2-7(4-10)9(12)8(3-6)5-11/h2-3H,4-5,10-12H2,1H3. The molecule has 1 aromatic rings. The monoisotopic (exact) mass is 165 g/mol. The predicted molar refractivity (Wildman–Crippen MR) is 51.4 cm³/mol. The molecule has 0 aliphatic carbocycles. The van der Waals surface area contributed by atoms with Gasteiger partial charge in [-0.1, -0.05) is 17.7 Å². The maximum absolute atomic E-state index is 5.81. The highest BCUT2D eigenvalue weighted by atomic mass is 14.6. The molecule has 0 unspecified atom stereocenters. The Morgan fingerprint density at radius 1 is 1.08 bits per heavy atom. The normalized spacial score (nSPS) is 10.2. The van der Waals surface area contributed by atoms with Gasteiger partial charge < -0.3 is 17.2 Å². The van der Waals surface area contributed by atoms with Gasteiger partial charge in [0.2, 0.25) is 0 Å². The number of hydrogen-bond donors (Lipinski definition) is 3. The van der Waals surface area contributed by atoms with E-state index in [0.29, 0.717) is 13.1 Å². The van der Waals surface area contributed by atoms with E-state index in [-0.39, 0.29) is 0 Å². The molecule has 3 heteroatoms. The molecule has 1 aromatic carbocycles. The van der Waals surface area contributed by atoms with Crippen LogP contribution in [0.4, 0.5) is 5.69 Å². The van der Waals surface area contributed by atoms with E-state index in [2.05, 4.69) is 0 Å². The van der Waals surface area contributed by atoms with Crippen LogP contribution >= 0.6 is 0 Å². The van der Waals surface area contributed by atoms with E-state index >= 15 is 0 Å². The lowest BCUT2D eigenvalue weighted by Gasteiger charge is -2.09. The molecule has 0 fully saturated rings. The van der Waals surface area contributed by atoms with Crippen molar-refractivity contribution in [1.29, 1.82) is 0 Å². The largest absolute Gasteiger partial charge is 0.398 e. The van der Waals surface area contributed by atoms with E-state index in [1.54, 1.807) is 0 Å². The van der Waals surface area contributed by atoms with Crippen LogP contribution < -0.4 is 17.2 Å². The molecule has 0 aromatic heterocycles. The zero-order valence-electron chi connectivity index (χ0n) is 7.30. The van der Waals surface area contributed by atoms with E-state index in [4.69, 9.17) is 17.2 Å². The molecule has 3 nitrogen and oxygen atoms in total. The van der Waals surface area contributed by atoms with E-state index in [1.807, 2.05) is 19.1 Å². The van der Waals surface area contributed by atoms with Gasteiger partial charge in [-0.3, -0.25) is 0 Å². The molecule has 66 valence electrons. The van der Waals surface area contributed by atoms with Gasteiger partial charge in [0.25, 0.3) is 0 Å². The topological polar surface area (TPSA) is 78.1 Å². The van der Waals surface area contributed by atoms with Crippen LogP contribution in [0.3, 0.4) is 0 Å². The van der Waals surface area contributed by atoms with Crippen molar-refractivity contribution in [2.24, 2.45) is 11.5 Å². The Bertz CT molecular complexity index is 256. The molecule has 0 spiro atoms. The van der Waals surface area contributed by atoms with E-state index < -0.39 is 0 Å². The Kier molecular flexibility index (Phi) is 2.68. The predicted octanol–water partition coefficient (Wildman–Crippen LogP) is 0.495. The third-order valence-corrected chi connectivity index (χ3v) is 1.94. The third kappa shape index (κ3) is 1.57. The van der Waals surface area contributed by atoms with E-state index in [9.17, 15) is 0 Å². The van der Waals surface area contributed by atoms with Crippen LogP contribution in [0.2, 0.25) is 0 Å². The second-order valence-electron chi connectivity index (χ2n) is 2.91. The van der Waals surface area contributed by atoms with Gasteiger partial charge in [0.1, 0.15) is 0 Å². The Labute approximate surface area is 72.5 Å². The maximum atomic E-state index is 5.81. The summed E-state index contributed by atoms with van der Waals surface area (Å²) in [5, 5.41) is 0. The average Bonchev–Trinajstić information content (AvgIpc) is 2.08. The molecule has 1 rings (SSSR count). The first kappa shape index (κ1) is 9.03. The smallest absolute Gasteiger partial charge is 0.0405 e. The molecule has 12 heavy (non-hydrogen) atoms. The van der Waals surface area contributed by atoms with Crippen LogP contribution in [-0.2, 0) is 13.1 Å². The van der Waals surface area contributed by atoms with Gasteiger partial charge in [-0.05, 0) is 18.1 Å². The van der Waals surface area contributed by atoms with E-state index in [0.717, 1.165) is 22.4 Å². The molecular weight excluding hydrogens is 150 g/mol. The average molecular weight is 165 g/mol. The Morgan fingerprint density at radius 2 is 1.50 bits per heavy atom. The van der Waals surface area contributed by atoms with Crippen molar-refractivity contribution < 1.29 is 0 Å².